The molecule has 29 heavy (non-hydrogen) atoms. The van der Waals surface area contributed by atoms with Crippen molar-refractivity contribution in [1.29, 1.82) is 0 Å². The smallest absolute Gasteiger partial charge is 0.257 e. The van der Waals surface area contributed by atoms with Gasteiger partial charge in [0.2, 0.25) is 0 Å². The van der Waals surface area contributed by atoms with Crippen LogP contribution in [0.2, 0.25) is 0 Å². The van der Waals surface area contributed by atoms with Gasteiger partial charge >= 0.3 is 0 Å². The van der Waals surface area contributed by atoms with E-state index < -0.39 is 0 Å². The fourth-order valence-corrected chi connectivity index (χ4v) is 4.33. The predicted molar refractivity (Wildman–Crippen MR) is 110 cm³/mol. The van der Waals surface area contributed by atoms with Gasteiger partial charge in [-0.05, 0) is 25.3 Å². The molecule has 0 radical (unpaired) electrons. The van der Waals surface area contributed by atoms with Crippen molar-refractivity contribution in [2.75, 3.05) is 32.8 Å². The minimum Gasteiger partial charge on any atom is -0.393 e. The van der Waals surface area contributed by atoms with Crippen LogP contribution in [0.4, 0.5) is 0 Å². The third-order valence-corrected chi connectivity index (χ3v) is 5.95. The SMILES string of the molecule is CCn1cc(C(=O)N2CCO[C@@H](CN3CCC(O)CC3)[C@@H]2c2ccccc2)cn1. The molecule has 1 N–H and O–H groups in total. The molecule has 0 unspecified atom stereocenters. The monoisotopic (exact) mass is 398 g/mol. The number of likely N-dealkylation sites (tertiary alicyclic amines) is 1. The minimum atomic E-state index is -0.198. The second kappa shape index (κ2) is 9.07. The lowest BCUT2D eigenvalue weighted by Gasteiger charge is -2.43. The molecule has 0 aliphatic carbocycles. The average molecular weight is 399 g/mol. The van der Waals surface area contributed by atoms with Gasteiger partial charge in [0.25, 0.3) is 5.91 Å². The fourth-order valence-electron chi connectivity index (χ4n) is 4.33. The summed E-state index contributed by atoms with van der Waals surface area (Å²) in [5.74, 6) is 0.000851. The topological polar surface area (TPSA) is 70.8 Å². The number of amides is 1. The number of rotatable bonds is 5. The lowest BCUT2D eigenvalue weighted by atomic mass is 9.96. The van der Waals surface area contributed by atoms with E-state index in [2.05, 4.69) is 22.1 Å². The molecule has 1 aromatic heterocycles. The van der Waals surface area contributed by atoms with Gasteiger partial charge in [-0.3, -0.25) is 9.48 Å². The van der Waals surface area contributed by atoms with E-state index in [1.807, 2.05) is 36.2 Å². The molecular weight excluding hydrogens is 368 g/mol. The number of hydrogen-bond acceptors (Lipinski definition) is 5. The summed E-state index contributed by atoms with van der Waals surface area (Å²) in [4.78, 5) is 17.7. The Morgan fingerprint density at radius 1 is 1.21 bits per heavy atom. The molecule has 2 atom stereocenters. The molecule has 2 aliphatic heterocycles. The highest BCUT2D eigenvalue weighted by Crippen LogP contribution is 2.32. The first-order valence-corrected chi connectivity index (χ1v) is 10.6. The Morgan fingerprint density at radius 2 is 1.97 bits per heavy atom. The molecular formula is C22H30N4O3. The molecule has 7 heteroatoms. The normalized spacial score (nSPS) is 24.0. The van der Waals surface area contributed by atoms with Gasteiger partial charge in [-0.2, -0.15) is 5.10 Å². The summed E-state index contributed by atoms with van der Waals surface area (Å²) in [7, 11) is 0. The van der Waals surface area contributed by atoms with Gasteiger partial charge in [-0.1, -0.05) is 30.3 Å². The number of ether oxygens (including phenoxy) is 1. The molecule has 4 rings (SSSR count). The van der Waals surface area contributed by atoms with Gasteiger partial charge < -0.3 is 19.6 Å². The Hall–Kier alpha value is -2.22. The molecule has 1 aromatic carbocycles. The van der Waals surface area contributed by atoms with E-state index >= 15 is 0 Å². The van der Waals surface area contributed by atoms with Crippen LogP contribution in [0.5, 0.6) is 0 Å². The number of nitrogens with zero attached hydrogens (tertiary/aromatic N) is 4. The van der Waals surface area contributed by atoms with Crippen LogP contribution in [0.15, 0.2) is 42.7 Å². The summed E-state index contributed by atoms with van der Waals surface area (Å²) in [6.45, 7) is 6.31. The summed E-state index contributed by atoms with van der Waals surface area (Å²) in [6, 6.07) is 10.0. The molecule has 2 fully saturated rings. The lowest BCUT2D eigenvalue weighted by Crippen LogP contribution is -2.52. The predicted octanol–water partition coefficient (Wildman–Crippen LogP) is 1.94. The van der Waals surface area contributed by atoms with E-state index in [0.29, 0.717) is 18.7 Å². The van der Waals surface area contributed by atoms with Crippen LogP contribution in [0.3, 0.4) is 0 Å². The second-order valence-electron chi connectivity index (χ2n) is 7.88. The summed E-state index contributed by atoms with van der Waals surface area (Å²) >= 11 is 0. The van der Waals surface area contributed by atoms with E-state index in [1.54, 1.807) is 10.9 Å². The van der Waals surface area contributed by atoms with Crippen molar-refractivity contribution in [2.24, 2.45) is 0 Å². The first kappa shape index (κ1) is 20.1. The molecule has 0 spiro atoms. The molecule has 0 saturated carbocycles. The van der Waals surface area contributed by atoms with Gasteiger partial charge in [0, 0.05) is 38.9 Å². The third-order valence-electron chi connectivity index (χ3n) is 5.95. The van der Waals surface area contributed by atoms with Crippen LogP contribution in [0.1, 0.15) is 41.7 Å². The fraction of sp³-hybridized carbons (Fsp3) is 0.545. The van der Waals surface area contributed by atoms with Crippen LogP contribution in [-0.2, 0) is 11.3 Å². The summed E-state index contributed by atoms with van der Waals surface area (Å²) in [5.41, 5.74) is 1.71. The van der Waals surface area contributed by atoms with E-state index in [1.165, 1.54) is 0 Å². The number of hydrogen-bond donors (Lipinski definition) is 1. The van der Waals surface area contributed by atoms with Crippen LogP contribution in [0, 0.1) is 0 Å². The highest BCUT2D eigenvalue weighted by Gasteiger charge is 2.38. The molecule has 2 aliphatic rings. The number of morpholine rings is 1. The molecule has 156 valence electrons. The summed E-state index contributed by atoms with van der Waals surface area (Å²) in [5, 5.41) is 14.1. The van der Waals surface area contributed by atoms with Crippen molar-refractivity contribution in [3.05, 3.63) is 53.9 Å². The van der Waals surface area contributed by atoms with Crippen LogP contribution in [-0.4, -0.2) is 75.6 Å². The Kier molecular flexibility index (Phi) is 6.28. The quantitative estimate of drug-likeness (QED) is 0.834. The molecule has 2 aromatic rings. The molecule has 3 heterocycles. The zero-order valence-corrected chi connectivity index (χ0v) is 17.0. The van der Waals surface area contributed by atoms with E-state index in [4.69, 9.17) is 4.74 Å². The molecule has 0 bridgehead atoms. The average Bonchev–Trinajstić information content (AvgIpc) is 3.25. The largest absolute Gasteiger partial charge is 0.393 e. The number of aromatic nitrogens is 2. The Labute approximate surface area is 171 Å². The highest BCUT2D eigenvalue weighted by molar-refractivity contribution is 5.94. The van der Waals surface area contributed by atoms with E-state index in [9.17, 15) is 9.90 Å². The van der Waals surface area contributed by atoms with E-state index in [0.717, 1.165) is 44.6 Å². The van der Waals surface area contributed by atoms with Gasteiger partial charge in [-0.25, -0.2) is 0 Å². The van der Waals surface area contributed by atoms with Gasteiger partial charge in [0.15, 0.2) is 0 Å². The molecule has 2 saturated heterocycles. The summed E-state index contributed by atoms with van der Waals surface area (Å²) < 4.78 is 7.98. The standard InChI is InChI=1S/C22H30N4O3/c1-2-25-15-18(14-23-25)22(28)26-12-13-29-20(16-24-10-8-19(27)9-11-24)21(26)17-6-4-3-5-7-17/h3-7,14-15,19-21,27H,2,8-13,16H2,1H3/t20-,21-/m0/s1. The minimum absolute atomic E-state index is 0.000851. The number of benzene rings is 1. The maximum absolute atomic E-state index is 13.4. The van der Waals surface area contributed by atoms with E-state index in [-0.39, 0.29) is 24.2 Å². The highest BCUT2D eigenvalue weighted by atomic mass is 16.5. The van der Waals surface area contributed by atoms with Crippen molar-refractivity contribution >= 4 is 5.91 Å². The zero-order chi connectivity index (χ0) is 20.2. The lowest BCUT2D eigenvalue weighted by molar-refractivity contribution is -0.0770. The Balaban J connectivity index is 1.58. The van der Waals surface area contributed by atoms with Gasteiger partial charge in [0.05, 0.1) is 36.6 Å². The Bertz CT molecular complexity index is 801. The van der Waals surface area contributed by atoms with Gasteiger partial charge in [0.1, 0.15) is 0 Å². The van der Waals surface area contributed by atoms with Gasteiger partial charge in [-0.15, -0.1) is 0 Å². The van der Waals surface area contributed by atoms with Crippen LogP contribution in [0.25, 0.3) is 0 Å². The van der Waals surface area contributed by atoms with Crippen molar-refractivity contribution < 1.29 is 14.6 Å². The van der Waals surface area contributed by atoms with Crippen molar-refractivity contribution in [2.45, 2.75) is 44.6 Å². The summed E-state index contributed by atoms with van der Waals surface area (Å²) in [6.07, 6.45) is 4.76. The second-order valence-corrected chi connectivity index (χ2v) is 7.88. The zero-order valence-electron chi connectivity index (χ0n) is 17.0. The number of aryl methyl sites for hydroxylation is 1. The van der Waals surface area contributed by atoms with Crippen molar-refractivity contribution in [3.8, 4) is 0 Å². The van der Waals surface area contributed by atoms with Crippen LogP contribution >= 0.6 is 0 Å². The number of carbonyl (C=O) groups excluding carboxylic acids is 1. The number of piperidine rings is 1. The molecule has 7 nitrogen and oxygen atoms in total. The third kappa shape index (κ3) is 4.52. The number of aliphatic hydroxyl groups is 1. The van der Waals surface area contributed by atoms with Crippen molar-refractivity contribution in [3.63, 3.8) is 0 Å². The maximum Gasteiger partial charge on any atom is 0.257 e. The first-order chi connectivity index (χ1) is 14.2. The first-order valence-electron chi connectivity index (χ1n) is 10.6. The number of aliphatic hydroxyl groups excluding tert-OH is 1. The number of carbonyl (C=O) groups is 1. The maximum atomic E-state index is 13.4. The molecule has 1 amide bonds. The Morgan fingerprint density at radius 3 is 2.66 bits per heavy atom. The van der Waals surface area contributed by atoms with Crippen LogP contribution < -0.4 is 0 Å². The van der Waals surface area contributed by atoms with Crippen molar-refractivity contribution in [1.82, 2.24) is 19.6 Å².